The molecule has 1 N–H and O–H groups in total. The molecule has 1 aliphatic heterocycles. The molecule has 1 aliphatic rings. The number of carbonyl (C=O) groups excluding carboxylic acids is 1. The van der Waals surface area contributed by atoms with E-state index in [1.54, 1.807) is 24.3 Å². The number of non-ortho nitro benzene ring substituents is 1. The van der Waals surface area contributed by atoms with Gasteiger partial charge in [0.15, 0.2) is 0 Å². The third-order valence-corrected chi connectivity index (χ3v) is 6.79. The molecule has 0 aliphatic carbocycles. The van der Waals surface area contributed by atoms with Gasteiger partial charge in [0.2, 0.25) is 15.9 Å². The topological polar surface area (TPSA) is 110 Å². The van der Waals surface area contributed by atoms with Crippen molar-refractivity contribution in [3.05, 3.63) is 64.2 Å². The number of anilines is 1. The van der Waals surface area contributed by atoms with Gasteiger partial charge in [-0.05, 0) is 49.1 Å². The van der Waals surface area contributed by atoms with Gasteiger partial charge in [0.25, 0.3) is 5.69 Å². The number of nitrogens with one attached hydrogen (secondary N) is 1. The van der Waals surface area contributed by atoms with Gasteiger partial charge in [-0.15, -0.1) is 0 Å². The van der Waals surface area contributed by atoms with Gasteiger partial charge in [-0.25, -0.2) is 8.42 Å². The maximum Gasteiger partial charge on any atom is 0.269 e. The van der Waals surface area contributed by atoms with Gasteiger partial charge >= 0.3 is 0 Å². The van der Waals surface area contributed by atoms with Crippen molar-refractivity contribution in [1.82, 2.24) is 4.31 Å². The average molecular weight is 417 g/mol. The molecule has 154 valence electrons. The molecular formula is C20H23N3O5S. The van der Waals surface area contributed by atoms with E-state index in [0.717, 1.165) is 24.8 Å². The van der Waals surface area contributed by atoms with E-state index in [4.69, 9.17) is 0 Å². The second-order valence-electron chi connectivity index (χ2n) is 6.96. The van der Waals surface area contributed by atoms with Gasteiger partial charge in [-0.2, -0.15) is 4.31 Å². The third-order valence-electron chi connectivity index (χ3n) is 4.88. The van der Waals surface area contributed by atoms with Crippen LogP contribution in [-0.2, 0) is 21.2 Å². The van der Waals surface area contributed by atoms with Crippen LogP contribution >= 0.6 is 0 Å². The number of rotatable bonds is 7. The predicted octanol–water partition coefficient (Wildman–Crippen LogP) is 3.34. The van der Waals surface area contributed by atoms with Gasteiger partial charge < -0.3 is 5.32 Å². The molecule has 9 heteroatoms. The molecule has 8 nitrogen and oxygen atoms in total. The first-order valence-corrected chi connectivity index (χ1v) is 10.9. The zero-order valence-corrected chi connectivity index (χ0v) is 16.7. The van der Waals surface area contributed by atoms with E-state index in [1.165, 1.54) is 28.6 Å². The first-order chi connectivity index (χ1) is 13.9. The Morgan fingerprint density at radius 2 is 1.62 bits per heavy atom. The lowest BCUT2D eigenvalue weighted by Crippen LogP contribution is -2.35. The summed E-state index contributed by atoms with van der Waals surface area (Å²) in [5, 5.41) is 13.3. The fourth-order valence-electron chi connectivity index (χ4n) is 3.23. The molecule has 0 saturated carbocycles. The van der Waals surface area contributed by atoms with Gasteiger partial charge in [-0.3, -0.25) is 14.9 Å². The highest BCUT2D eigenvalue weighted by molar-refractivity contribution is 7.89. The molecule has 29 heavy (non-hydrogen) atoms. The Hall–Kier alpha value is -2.78. The van der Waals surface area contributed by atoms with E-state index in [2.05, 4.69) is 5.32 Å². The highest BCUT2D eigenvalue weighted by atomic mass is 32.2. The summed E-state index contributed by atoms with van der Waals surface area (Å²) >= 11 is 0. The Morgan fingerprint density at radius 3 is 2.21 bits per heavy atom. The van der Waals surface area contributed by atoms with Crippen molar-refractivity contribution >= 4 is 27.3 Å². The van der Waals surface area contributed by atoms with Crippen LogP contribution in [-0.4, -0.2) is 36.6 Å². The van der Waals surface area contributed by atoms with Gasteiger partial charge in [-0.1, -0.05) is 18.6 Å². The van der Waals surface area contributed by atoms with Crippen molar-refractivity contribution in [3.63, 3.8) is 0 Å². The summed E-state index contributed by atoms with van der Waals surface area (Å²) in [7, 11) is -3.45. The van der Waals surface area contributed by atoms with E-state index in [9.17, 15) is 23.3 Å². The fourth-order valence-corrected chi connectivity index (χ4v) is 4.75. The van der Waals surface area contributed by atoms with E-state index in [0.29, 0.717) is 25.2 Å². The largest absolute Gasteiger partial charge is 0.326 e. The Morgan fingerprint density at radius 1 is 1.00 bits per heavy atom. The van der Waals surface area contributed by atoms with E-state index < -0.39 is 14.9 Å². The third kappa shape index (κ3) is 5.39. The molecule has 0 bridgehead atoms. The van der Waals surface area contributed by atoms with Gasteiger partial charge in [0.1, 0.15) is 0 Å². The number of amides is 1. The number of carbonyl (C=O) groups is 1. The van der Waals surface area contributed by atoms with Crippen molar-refractivity contribution < 1.29 is 18.1 Å². The molecule has 0 unspecified atom stereocenters. The zero-order chi connectivity index (χ0) is 20.9. The Balaban J connectivity index is 1.54. The number of nitro groups is 1. The summed E-state index contributed by atoms with van der Waals surface area (Å²) in [6.45, 7) is 1.12. The first-order valence-electron chi connectivity index (χ1n) is 9.50. The van der Waals surface area contributed by atoms with Crippen molar-refractivity contribution in [3.8, 4) is 0 Å². The summed E-state index contributed by atoms with van der Waals surface area (Å²) in [4.78, 5) is 22.5. The monoisotopic (exact) mass is 417 g/mol. The Labute approximate surface area is 169 Å². The predicted molar refractivity (Wildman–Crippen MR) is 109 cm³/mol. The molecule has 2 aromatic carbocycles. The number of piperidine rings is 1. The molecule has 0 atom stereocenters. The van der Waals surface area contributed by atoms with Crippen LogP contribution < -0.4 is 5.32 Å². The molecule has 0 spiro atoms. The van der Waals surface area contributed by atoms with E-state index >= 15 is 0 Å². The number of hydrogen-bond donors (Lipinski definition) is 1. The van der Waals surface area contributed by atoms with Crippen molar-refractivity contribution in [2.75, 3.05) is 18.4 Å². The second kappa shape index (κ2) is 9.15. The normalized spacial score (nSPS) is 15.0. The highest BCUT2D eigenvalue weighted by Gasteiger charge is 2.25. The molecule has 1 amide bonds. The van der Waals surface area contributed by atoms with Crippen LogP contribution in [0.5, 0.6) is 0 Å². The molecule has 2 aromatic rings. The molecule has 1 heterocycles. The number of nitrogens with zero attached hydrogens (tertiary/aromatic N) is 2. The lowest BCUT2D eigenvalue weighted by Gasteiger charge is -2.25. The SMILES string of the molecule is O=C(CCc1ccc(S(=O)(=O)N2CCCCC2)cc1)Nc1ccc([N+](=O)[O-])cc1. The molecule has 1 saturated heterocycles. The average Bonchev–Trinajstić information content (AvgIpc) is 2.73. The van der Waals surface area contributed by atoms with Crippen LogP contribution in [0, 0.1) is 10.1 Å². The van der Waals surface area contributed by atoms with Crippen LogP contribution in [0.15, 0.2) is 53.4 Å². The fraction of sp³-hybridized carbons (Fsp3) is 0.350. The van der Waals surface area contributed by atoms with Crippen LogP contribution in [0.2, 0.25) is 0 Å². The van der Waals surface area contributed by atoms with Crippen LogP contribution in [0.4, 0.5) is 11.4 Å². The number of hydrogen-bond acceptors (Lipinski definition) is 5. The molecule has 1 fully saturated rings. The molecular weight excluding hydrogens is 394 g/mol. The quantitative estimate of drug-likeness (QED) is 0.549. The summed E-state index contributed by atoms with van der Waals surface area (Å²) < 4.78 is 26.8. The lowest BCUT2D eigenvalue weighted by molar-refractivity contribution is -0.384. The van der Waals surface area contributed by atoms with Crippen LogP contribution in [0.3, 0.4) is 0 Å². The molecule has 0 radical (unpaired) electrons. The lowest BCUT2D eigenvalue weighted by atomic mass is 10.1. The van der Waals surface area contributed by atoms with Crippen molar-refractivity contribution in [1.29, 1.82) is 0 Å². The van der Waals surface area contributed by atoms with Crippen molar-refractivity contribution in [2.45, 2.75) is 37.0 Å². The van der Waals surface area contributed by atoms with Crippen molar-refractivity contribution in [2.24, 2.45) is 0 Å². The summed E-state index contributed by atoms with van der Waals surface area (Å²) in [5.41, 5.74) is 1.31. The second-order valence-corrected chi connectivity index (χ2v) is 8.90. The van der Waals surface area contributed by atoms with Crippen LogP contribution in [0.1, 0.15) is 31.2 Å². The number of aryl methyl sites for hydroxylation is 1. The standard InChI is InChI=1S/C20H23N3O5S/c24-20(21-17-7-9-18(10-8-17)23(25)26)13-6-16-4-11-19(12-5-16)29(27,28)22-14-2-1-3-15-22/h4-5,7-12H,1-3,6,13-15H2,(H,21,24). The smallest absolute Gasteiger partial charge is 0.269 e. The minimum Gasteiger partial charge on any atom is -0.326 e. The summed E-state index contributed by atoms with van der Waals surface area (Å²) in [6.07, 6.45) is 3.52. The number of sulfonamides is 1. The number of nitro benzene ring substituents is 1. The minimum atomic E-state index is -3.45. The minimum absolute atomic E-state index is 0.0393. The maximum atomic E-state index is 12.7. The molecule has 3 rings (SSSR count). The summed E-state index contributed by atoms with van der Waals surface area (Å²) in [6, 6.07) is 12.3. The summed E-state index contributed by atoms with van der Waals surface area (Å²) in [5.74, 6) is -0.219. The van der Waals surface area contributed by atoms with Crippen LogP contribution in [0.25, 0.3) is 0 Å². The maximum absolute atomic E-state index is 12.7. The first kappa shape index (κ1) is 20.9. The van der Waals surface area contributed by atoms with E-state index in [-0.39, 0.29) is 22.9 Å². The Kier molecular flexibility index (Phi) is 6.60. The zero-order valence-electron chi connectivity index (χ0n) is 15.9. The molecule has 0 aromatic heterocycles. The number of benzene rings is 2. The van der Waals surface area contributed by atoms with E-state index in [1.807, 2.05) is 0 Å². The highest BCUT2D eigenvalue weighted by Crippen LogP contribution is 2.21. The Bertz CT molecular complexity index is 966. The van der Waals surface area contributed by atoms with Gasteiger partial charge in [0.05, 0.1) is 9.82 Å². The van der Waals surface area contributed by atoms with Gasteiger partial charge in [0, 0.05) is 37.3 Å².